The molecule has 0 aliphatic heterocycles. The van der Waals surface area contributed by atoms with E-state index in [-0.39, 0.29) is 5.41 Å². The van der Waals surface area contributed by atoms with Crippen molar-refractivity contribution in [3.05, 3.63) is 60.2 Å². The Labute approximate surface area is 157 Å². The maximum absolute atomic E-state index is 11.0. The first-order valence-electron chi connectivity index (χ1n) is 9.05. The van der Waals surface area contributed by atoms with Crippen LogP contribution in [0.3, 0.4) is 0 Å². The van der Waals surface area contributed by atoms with E-state index in [1.165, 1.54) is 0 Å². The van der Waals surface area contributed by atoms with E-state index in [9.17, 15) is 5.11 Å². The maximum atomic E-state index is 11.0. The Morgan fingerprint density at radius 2 is 1.62 bits per heavy atom. The van der Waals surface area contributed by atoms with Gasteiger partial charge in [-0.05, 0) is 49.3 Å². The van der Waals surface area contributed by atoms with Crippen LogP contribution in [0.15, 0.2) is 54.6 Å². The van der Waals surface area contributed by atoms with Crippen molar-refractivity contribution in [1.29, 1.82) is 0 Å². The van der Waals surface area contributed by atoms with Crippen molar-refractivity contribution in [3.63, 3.8) is 0 Å². The number of aromatic nitrogens is 1. The lowest BCUT2D eigenvalue weighted by Gasteiger charge is -2.36. The highest BCUT2D eigenvalue weighted by atomic mass is 28.3. The molecule has 0 bridgehead atoms. The molecular weight excluding hydrogens is 336 g/mol. The lowest BCUT2D eigenvalue weighted by atomic mass is 9.86. The van der Waals surface area contributed by atoms with Crippen LogP contribution in [-0.4, -0.2) is 25.4 Å². The Bertz CT molecular complexity index is 944. The number of rotatable bonds is 3. The largest absolute Gasteiger partial charge is 0.508 e. The van der Waals surface area contributed by atoms with Gasteiger partial charge in [-0.25, -0.2) is 4.98 Å². The molecule has 136 valence electrons. The highest BCUT2D eigenvalue weighted by molar-refractivity contribution is 6.93. The summed E-state index contributed by atoms with van der Waals surface area (Å²) in [6.45, 7) is 10.9. The minimum Gasteiger partial charge on any atom is -0.508 e. The zero-order chi connectivity index (χ0) is 19.1. The minimum atomic E-state index is -2.14. The number of nitrogens with zero attached hydrogens (tertiary/aromatic N) is 2. The Hall–Kier alpha value is -2.33. The summed E-state index contributed by atoms with van der Waals surface area (Å²) >= 11 is 0. The van der Waals surface area contributed by atoms with E-state index in [1.54, 1.807) is 0 Å². The van der Waals surface area contributed by atoms with Crippen LogP contribution in [0.4, 0.5) is 5.82 Å². The van der Waals surface area contributed by atoms with Crippen molar-refractivity contribution < 1.29 is 5.11 Å². The molecule has 0 fully saturated rings. The van der Waals surface area contributed by atoms with Gasteiger partial charge in [0.2, 0.25) is 0 Å². The molecule has 0 aliphatic carbocycles. The number of hydrogen-bond acceptors (Lipinski definition) is 3. The molecule has 0 aliphatic rings. The van der Waals surface area contributed by atoms with Gasteiger partial charge < -0.3 is 9.67 Å². The third-order valence-electron chi connectivity index (χ3n) is 5.27. The first-order valence-corrected chi connectivity index (χ1v) is 12.0. The van der Waals surface area contributed by atoms with Gasteiger partial charge in [0.05, 0.1) is 5.52 Å². The third-order valence-corrected chi connectivity index (χ3v) is 8.90. The summed E-state index contributed by atoms with van der Waals surface area (Å²) in [5, 5.41) is 13.2. The van der Waals surface area contributed by atoms with Gasteiger partial charge in [0.15, 0.2) is 8.24 Å². The number of fused-ring (bicyclic) bond motifs is 1. The lowest BCUT2D eigenvalue weighted by molar-refractivity contribution is 0.450. The molecule has 26 heavy (non-hydrogen) atoms. The fraction of sp³-hybridized carbons (Fsp3) is 0.318. The molecule has 0 amide bonds. The van der Waals surface area contributed by atoms with Crippen LogP contribution in [0.2, 0.25) is 13.1 Å². The van der Waals surface area contributed by atoms with Gasteiger partial charge in [-0.2, -0.15) is 0 Å². The smallest absolute Gasteiger partial charge is 0.187 e. The van der Waals surface area contributed by atoms with E-state index in [0.717, 1.165) is 27.5 Å². The Morgan fingerprint density at radius 1 is 0.923 bits per heavy atom. The number of phenolic OH excluding ortho intramolecular Hbond substituents is 1. The topological polar surface area (TPSA) is 36.4 Å². The SMILES string of the molecule is CN(c1ccc2ccccc2n1)[Si](C)(C)c1cccc(C(C)(C)C)c1O. The summed E-state index contributed by atoms with van der Waals surface area (Å²) < 4.78 is 2.26. The molecule has 3 rings (SSSR count). The van der Waals surface area contributed by atoms with Crippen molar-refractivity contribution >= 4 is 30.1 Å². The fourth-order valence-corrected chi connectivity index (χ4v) is 5.63. The predicted octanol–water partition coefficient (Wildman–Crippen LogP) is 4.79. The average Bonchev–Trinajstić information content (AvgIpc) is 2.59. The molecule has 3 nitrogen and oxygen atoms in total. The average molecular weight is 365 g/mol. The van der Waals surface area contributed by atoms with E-state index in [4.69, 9.17) is 4.98 Å². The van der Waals surface area contributed by atoms with Crippen LogP contribution < -0.4 is 9.75 Å². The monoisotopic (exact) mass is 364 g/mol. The molecule has 0 atom stereocenters. The van der Waals surface area contributed by atoms with Gasteiger partial charge in [0.25, 0.3) is 0 Å². The van der Waals surface area contributed by atoms with E-state index in [0.29, 0.717) is 5.75 Å². The summed E-state index contributed by atoms with van der Waals surface area (Å²) in [7, 11) is -0.0551. The molecule has 1 N–H and O–H groups in total. The second kappa shape index (κ2) is 6.43. The van der Waals surface area contributed by atoms with E-state index in [2.05, 4.69) is 75.8 Å². The molecule has 0 unspecified atom stereocenters. The van der Waals surface area contributed by atoms with Crippen LogP contribution >= 0.6 is 0 Å². The van der Waals surface area contributed by atoms with Gasteiger partial charge in [0, 0.05) is 10.6 Å². The number of anilines is 1. The van der Waals surface area contributed by atoms with Gasteiger partial charge in [-0.1, -0.05) is 57.2 Å². The highest BCUT2D eigenvalue weighted by Gasteiger charge is 2.35. The second-order valence-corrected chi connectivity index (χ2v) is 12.8. The number of hydrogen-bond donors (Lipinski definition) is 1. The zero-order valence-electron chi connectivity index (χ0n) is 16.5. The Balaban J connectivity index is 2.06. The maximum Gasteiger partial charge on any atom is 0.187 e. The van der Waals surface area contributed by atoms with E-state index >= 15 is 0 Å². The van der Waals surface area contributed by atoms with Crippen molar-refractivity contribution in [2.75, 3.05) is 11.6 Å². The van der Waals surface area contributed by atoms with Gasteiger partial charge in [-0.15, -0.1) is 0 Å². The lowest BCUT2D eigenvalue weighted by Crippen LogP contribution is -2.57. The van der Waals surface area contributed by atoms with Crippen molar-refractivity contribution in [2.45, 2.75) is 39.3 Å². The molecular formula is C22H28N2OSi. The molecule has 1 heterocycles. The number of pyridine rings is 1. The van der Waals surface area contributed by atoms with Gasteiger partial charge in [-0.3, -0.25) is 0 Å². The van der Waals surface area contributed by atoms with Crippen LogP contribution in [0.25, 0.3) is 10.9 Å². The summed E-state index contributed by atoms with van der Waals surface area (Å²) in [6.07, 6.45) is 0. The Kier molecular flexibility index (Phi) is 4.57. The molecule has 2 aromatic carbocycles. The van der Waals surface area contributed by atoms with Crippen LogP contribution in [0, 0.1) is 0 Å². The number of para-hydroxylation sites is 2. The first-order chi connectivity index (χ1) is 12.1. The van der Waals surface area contributed by atoms with Crippen LogP contribution in [-0.2, 0) is 5.41 Å². The minimum absolute atomic E-state index is 0.0929. The molecule has 0 spiro atoms. The molecule has 1 aromatic heterocycles. The quantitative estimate of drug-likeness (QED) is 0.679. The number of benzene rings is 2. The van der Waals surface area contributed by atoms with E-state index < -0.39 is 8.24 Å². The van der Waals surface area contributed by atoms with Crippen molar-refractivity contribution in [2.24, 2.45) is 0 Å². The van der Waals surface area contributed by atoms with Crippen molar-refractivity contribution in [3.8, 4) is 5.75 Å². The first kappa shape index (κ1) is 18.5. The number of phenols is 1. The highest BCUT2D eigenvalue weighted by Crippen LogP contribution is 2.31. The van der Waals surface area contributed by atoms with E-state index in [1.807, 2.05) is 24.3 Å². The van der Waals surface area contributed by atoms with Crippen LogP contribution in [0.1, 0.15) is 26.3 Å². The summed E-state index contributed by atoms with van der Waals surface area (Å²) in [6, 6.07) is 18.5. The normalized spacial score (nSPS) is 12.4. The Morgan fingerprint density at radius 3 is 2.31 bits per heavy atom. The molecule has 4 heteroatoms. The standard InChI is InChI=1S/C22H28N2OSi/c1-22(2,3)17-11-9-13-19(21(17)25)26(5,6)24(4)20-15-14-16-10-7-8-12-18(16)23-20/h7-15,25H,1-6H3. The van der Waals surface area contributed by atoms with Crippen molar-refractivity contribution in [1.82, 2.24) is 4.98 Å². The summed E-state index contributed by atoms with van der Waals surface area (Å²) in [5.41, 5.74) is 1.90. The van der Waals surface area contributed by atoms with Gasteiger partial charge in [0.1, 0.15) is 11.6 Å². The predicted molar refractivity (Wildman–Crippen MR) is 114 cm³/mol. The molecule has 0 radical (unpaired) electrons. The van der Waals surface area contributed by atoms with Gasteiger partial charge >= 0.3 is 0 Å². The summed E-state index contributed by atoms with van der Waals surface area (Å²) in [4.78, 5) is 4.85. The number of aromatic hydroxyl groups is 1. The zero-order valence-corrected chi connectivity index (χ0v) is 17.5. The molecule has 3 aromatic rings. The molecule has 0 saturated carbocycles. The summed E-state index contributed by atoms with van der Waals surface area (Å²) in [5.74, 6) is 1.38. The fourth-order valence-electron chi connectivity index (χ4n) is 3.35. The molecule has 0 saturated heterocycles. The second-order valence-electron chi connectivity index (χ2n) is 8.43. The third kappa shape index (κ3) is 3.21. The van der Waals surface area contributed by atoms with Crippen LogP contribution in [0.5, 0.6) is 5.75 Å².